The minimum absolute atomic E-state index is 0. The minimum atomic E-state index is 0. The second-order valence-electron chi connectivity index (χ2n) is 4.32. The van der Waals surface area contributed by atoms with Crippen LogP contribution in [0.15, 0.2) is 23.2 Å². The van der Waals surface area contributed by atoms with Crippen LogP contribution in [0.25, 0.3) is 0 Å². The monoisotopic (exact) mass is 361 g/mol. The molecule has 0 aliphatic carbocycles. The van der Waals surface area contributed by atoms with Crippen LogP contribution in [0.5, 0.6) is 5.75 Å². The first-order chi connectivity index (χ1) is 8.20. The molecule has 5 heteroatoms. The molecule has 0 radical (unpaired) electrons. The van der Waals surface area contributed by atoms with Crippen LogP contribution in [0.2, 0.25) is 0 Å². The summed E-state index contributed by atoms with van der Waals surface area (Å²) >= 11 is 0. The van der Waals surface area contributed by atoms with Crippen molar-refractivity contribution in [1.29, 1.82) is 0 Å². The molecule has 2 rings (SSSR count). The van der Waals surface area contributed by atoms with Gasteiger partial charge in [-0.3, -0.25) is 0 Å². The Morgan fingerprint density at radius 1 is 1.33 bits per heavy atom. The molecule has 2 N–H and O–H groups in total. The summed E-state index contributed by atoms with van der Waals surface area (Å²) in [6.45, 7) is 4.05. The highest BCUT2D eigenvalue weighted by molar-refractivity contribution is 14.0. The van der Waals surface area contributed by atoms with Crippen LogP contribution >= 0.6 is 24.0 Å². The van der Waals surface area contributed by atoms with Gasteiger partial charge in [-0.25, -0.2) is 4.99 Å². The molecule has 0 bridgehead atoms. The van der Waals surface area contributed by atoms with E-state index >= 15 is 0 Å². The third kappa shape index (κ3) is 3.51. The lowest BCUT2D eigenvalue weighted by atomic mass is 10.2. The first-order valence-electron chi connectivity index (χ1n) is 5.94. The highest BCUT2D eigenvalue weighted by Crippen LogP contribution is 2.24. The van der Waals surface area contributed by atoms with Gasteiger partial charge in [0.25, 0.3) is 0 Å². The van der Waals surface area contributed by atoms with Gasteiger partial charge in [0, 0.05) is 13.1 Å². The lowest BCUT2D eigenvalue weighted by Crippen LogP contribution is -2.34. The highest BCUT2D eigenvalue weighted by atomic mass is 127. The summed E-state index contributed by atoms with van der Waals surface area (Å²) in [4.78, 5) is 6.61. The molecule has 18 heavy (non-hydrogen) atoms. The summed E-state index contributed by atoms with van der Waals surface area (Å²) in [5, 5.41) is 0. The molecule has 0 atom stereocenters. The van der Waals surface area contributed by atoms with Gasteiger partial charge >= 0.3 is 0 Å². The zero-order chi connectivity index (χ0) is 12.3. The van der Waals surface area contributed by atoms with Gasteiger partial charge in [0.15, 0.2) is 5.96 Å². The lowest BCUT2D eigenvalue weighted by Gasteiger charge is -2.16. The molecule has 1 heterocycles. The van der Waals surface area contributed by atoms with E-state index in [1.165, 1.54) is 12.8 Å². The van der Waals surface area contributed by atoms with Crippen molar-refractivity contribution in [3.8, 4) is 5.75 Å². The van der Waals surface area contributed by atoms with Gasteiger partial charge in [-0.05, 0) is 43.5 Å². The number of nitrogens with zero attached hydrogens (tertiary/aromatic N) is 2. The van der Waals surface area contributed by atoms with E-state index in [0.717, 1.165) is 30.1 Å². The van der Waals surface area contributed by atoms with Crippen LogP contribution in [0.4, 0.5) is 5.69 Å². The molecule has 1 aliphatic heterocycles. The van der Waals surface area contributed by atoms with Crippen molar-refractivity contribution < 1.29 is 4.74 Å². The zero-order valence-electron chi connectivity index (χ0n) is 10.8. The first kappa shape index (κ1) is 15.1. The number of aryl methyl sites for hydroxylation is 1. The quantitative estimate of drug-likeness (QED) is 0.501. The van der Waals surface area contributed by atoms with E-state index in [9.17, 15) is 0 Å². The largest absolute Gasteiger partial charge is 0.497 e. The Hall–Kier alpha value is -0.980. The van der Waals surface area contributed by atoms with E-state index in [-0.39, 0.29) is 24.0 Å². The fraction of sp³-hybridized carbons (Fsp3) is 0.462. The maximum Gasteiger partial charge on any atom is 0.196 e. The standard InChI is InChI=1S/C13H19N3O.HI/c1-10-9-11(17-2)5-6-12(10)15-13(14)16-7-3-4-8-16;/h5-6,9H,3-4,7-8H2,1-2H3,(H2,14,15);1H. The van der Waals surface area contributed by atoms with Crippen molar-refractivity contribution >= 4 is 35.6 Å². The van der Waals surface area contributed by atoms with Crippen LogP contribution in [0.3, 0.4) is 0 Å². The average Bonchev–Trinajstić information content (AvgIpc) is 2.85. The Morgan fingerprint density at radius 3 is 2.56 bits per heavy atom. The normalized spacial score (nSPS) is 15.4. The summed E-state index contributed by atoms with van der Waals surface area (Å²) in [5.74, 6) is 1.47. The zero-order valence-corrected chi connectivity index (χ0v) is 13.2. The van der Waals surface area contributed by atoms with Crippen LogP contribution in [0, 0.1) is 6.92 Å². The smallest absolute Gasteiger partial charge is 0.196 e. The second kappa shape index (κ2) is 6.82. The Labute approximate surface area is 125 Å². The van der Waals surface area contributed by atoms with E-state index in [0.29, 0.717) is 5.96 Å². The third-order valence-electron chi connectivity index (χ3n) is 3.07. The van der Waals surface area contributed by atoms with Crippen molar-refractivity contribution in [1.82, 2.24) is 4.90 Å². The summed E-state index contributed by atoms with van der Waals surface area (Å²) < 4.78 is 5.16. The lowest BCUT2D eigenvalue weighted by molar-refractivity contribution is 0.414. The van der Waals surface area contributed by atoms with Gasteiger partial charge < -0.3 is 15.4 Å². The molecule has 0 aromatic heterocycles. The Kier molecular flexibility index (Phi) is 5.71. The molecule has 1 saturated heterocycles. The second-order valence-corrected chi connectivity index (χ2v) is 4.32. The van der Waals surface area contributed by atoms with Gasteiger partial charge in [-0.15, -0.1) is 24.0 Å². The third-order valence-corrected chi connectivity index (χ3v) is 3.07. The van der Waals surface area contributed by atoms with E-state index in [1.54, 1.807) is 7.11 Å². The van der Waals surface area contributed by atoms with Crippen molar-refractivity contribution in [3.63, 3.8) is 0 Å². The van der Waals surface area contributed by atoms with Crippen molar-refractivity contribution in [2.45, 2.75) is 19.8 Å². The molecule has 1 aromatic carbocycles. The average molecular weight is 361 g/mol. The molecule has 4 nitrogen and oxygen atoms in total. The molecule has 1 aromatic rings. The number of benzene rings is 1. The van der Waals surface area contributed by atoms with E-state index < -0.39 is 0 Å². The predicted octanol–water partition coefficient (Wildman–Crippen LogP) is 2.66. The van der Waals surface area contributed by atoms with Crippen LogP contribution in [-0.2, 0) is 0 Å². The van der Waals surface area contributed by atoms with E-state index in [4.69, 9.17) is 10.5 Å². The maximum atomic E-state index is 6.00. The summed E-state index contributed by atoms with van der Waals surface area (Å²) in [6.07, 6.45) is 2.41. The molecule has 100 valence electrons. The number of likely N-dealkylation sites (tertiary alicyclic amines) is 1. The van der Waals surface area contributed by atoms with Gasteiger partial charge in [0.05, 0.1) is 12.8 Å². The first-order valence-corrected chi connectivity index (χ1v) is 5.94. The Bertz CT molecular complexity index is 428. The Balaban J connectivity index is 0.00000162. The van der Waals surface area contributed by atoms with Crippen LogP contribution in [-0.4, -0.2) is 31.1 Å². The molecule has 0 saturated carbocycles. The number of nitrogens with two attached hydrogens (primary N) is 1. The number of halogens is 1. The van der Waals surface area contributed by atoms with Crippen molar-refractivity contribution in [2.24, 2.45) is 10.7 Å². The number of ether oxygens (including phenoxy) is 1. The number of guanidine groups is 1. The van der Waals surface area contributed by atoms with E-state index in [2.05, 4.69) is 9.89 Å². The van der Waals surface area contributed by atoms with E-state index in [1.807, 2.05) is 25.1 Å². The number of methoxy groups -OCH3 is 1. The molecule has 0 unspecified atom stereocenters. The van der Waals surface area contributed by atoms with Gasteiger partial charge in [0.1, 0.15) is 5.75 Å². The number of aliphatic imine (C=N–C) groups is 1. The van der Waals surface area contributed by atoms with Crippen molar-refractivity contribution in [2.75, 3.05) is 20.2 Å². The minimum Gasteiger partial charge on any atom is -0.497 e. The summed E-state index contributed by atoms with van der Waals surface area (Å²) in [6, 6.07) is 5.82. The van der Waals surface area contributed by atoms with Gasteiger partial charge in [0.2, 0.25) is 0 Å². The van der Waals surface area contributed by atoms with Crippen LogP contribution < -0.4 is 10.5 Å². The fourth-order valence-corrected chi connectivity index (χ4v) is 2.02. The summed E-state index contributed by atoms with van der Waals surface area (Å²) in [5.41, 5.74) is 7.98. The van der Waals surface area contributed by atoms with Gasteiger partial charge in [-0.1, -0.05) is 0 Å². The van der Waals surface area contributed by atoms with Crippen LogP contribution in [0.1, 0.15) is 18.4 Å². The molecule has 0 spiro atoms. The fourth-order valence-electron chi connectivity index (χ4n) is 2.02. The highest BCUT2D eigenvalue weighted by Gasteiger charge is 2.13. The van der Waals surface area contributed by atoms with Gasteiger partial charge in [-0.2, -0.15) is 0 Å². The Morgan fingerprint density at radius 2 is 2.00 bits per heavy atom. The summed E-state index contributed by atoms with van der Waals surface area (Å²) in [7, 11) is 1.66. The SMILES string of the molecule is COc1ccc(N=C(N)N2CCCC2)c(C)c1.I. The molecule has 0 amide bonds. The number of hydrogen-bond acceptors (Lipinski definition) is 2. The molecular weight excluding hydrogens is 341 g/mol. The van der Waals surface area contributed by atoms with Crippen molar-refractivity contribution in [3.05, 3.63) is 23.8 Å². The number of rotatable bonds is 2. The topological polar surface area (TPSA) is 50.9 Å². The molecular formula is C13H20IN3O. The number of hydrogen-bond donors (Lipinski definition) is 1. The molecule has 1 aliphatic rings. The molecule has 1 fully saturated rings. The maximum absolute atomic E-state index is 6.00. The predicted molar refractivity (Wildman–Crippen MR) is 85.2 cm³/mol.